The van der Waals surface area contributed by atoms with Crippen molar-refractivity contribution in [2.45, 2.75) is 33.1 Å². The summed E-state index contributed by atoms with van der Waals surface area (Å²) in [5.74, 6) is 0.805. The van der Waals surface area contributed by atoms with Crippen molar-refractivity contribution < 1.29 is 4.79 Å². The SMILES string of the molecule is CCC1=NN=C(CC(=O)CSC2=NC=C(c3cccnc3)C2C)C1. The summed E-state index contributed by atoms with van der Waals surface area (Å²) in [6.07, 6.45) is 7.53. The molecule has 0 bridgehead atoms. The van der Waals surface area contributed by atoms with Crippen LogP contribution in [0.1, 0.15) is 38.7 Å². The van der Waals surface area contributed by atoms with Crippen LogP contribution < -0.4 is 0 Å². The molecule has 0 aliphatic carbocycles. The van der Waals surface area contributed by atoms with Gasteiger partial charge in [-0.3, -0.25) is 14.8 Å². The minimum atomic E-state index is 0.177. The van der Waals surface area contributed by atoms with E-state index >= 15 is 0 Å². The topological polar surface area (TPSA) is 67.0 Å². The first-order valence-electron chi connectivity index (χ1n) is 8.11. The van der Waals surface area contributed by atoms with E-state index < -0.39 is 0 Å². The first kappa shape index (κ1) is 16.8. The molecule has 3 rings (SSSR count). The third kappa shape index (κ3) is 3.87. The van der Waals surface area contributed by atoms with Crippen molar-refractivity contribution in [1.29, 1.82) is 0 Å². The molecule has 0 aromatic carbocycles. The van der Waals surface area contributed by atoms with Crippen molar-refractivity contribution in [1.82, 2.24) is 4.98 Å². The summed E-state index contributed by atoms with van der Waals surface area (Å²) in [5.41, 5.74) is 4.18. The van der Waals surface area contributed by atoms with Crippen LogP contribution in [-0.2, 0) is 4.79 Å². The van der Waals surface area contributed by atoms with Crippen LogP contribution in [0.4, 0.5) is 0 Å². The highest BCUT2D eigenvalue weighted by Gasteiger charge is 2.23. The van der Waals surface area contributed by atoms with Gasteiger partial charge in [0.25, 0.3) is 0 Å². The van der Waals surface area contributed by atoms with E-state index in [1.165, 1.54) is 11.8 Å². The van der Waals surface area contributed by atoms with Crippen LogP contribution >= 0.6 is 11.8 Å². The maximum atomic E-state index is 12.2. The molecule has 6 heteroatoms. The van der Waals surface area contributed by atoms with Gasteiger partial charge < -0.3 is 0 Å². The lowest BCUT2D eigenvalue weighted by molar-refractivity contribution is -0.115. The van der Waals surface area contributed by atoms with E-state index in [9.17, 15) is 4.79 Å². The number of ketones is 1. The van der Waals surface area contributed by atoms with Gasteiger partial charge in [0, 0.05) is 43.1 Å². The molecule has 2 aliphatic rings. The van der Waals surface area contributed by atoms with E-state index in [0.29, 0.717) is 12.2 Å². The highest BCUT2D eigenvalue weighted by atomic mass is 32.2. The van der Waals surface area contributed by atoms with Crippen molar-refractivity contribution in [3.8, 4) is 0 Å². The van der Waals surface area contributed by atoms with E-state index in [1.807, 2.05) is 24.5 Å². The fraction of sp³-hybridized carbons (Fsp3) is 0.389. The molecule has 0 radical (unpaired) electrons. The van der Waals surface area contributed by atoms with Crippen LogP contribution in [0, 0.1) is 5.92 Å². The third-order valence-electron chi connectivity index (χ3n) is 4.09. The highest BCUT2D eigenvalue weighted by molar-refractivity contribution is 8.14. The number of aliphatic imine (C=N–C) groups is 1. The molecule has 0 saturated heterocycles. The van der Waals surface area contributed by atoms with Crippen molar-refractivity contribution in [2.75, 3.05) is 5.75 Å². The average Bonchev–Trinajstić information content (AvgIpc) is 3.20. The Bertz CT molecular complexity index is 750. The van der Waals surface area contributed by atoms with Gasteiger partial charge in [0.05, 0.1) is 16.5 Å². The number of hydrogen-bond donors (Lipinski definition) is 0. The number of carbonyl (C=O) groups excluding carboxylic acids is 1. The maximum absolute atomic E-state index is 12.2. The summed E-state index contributed by atoms with van der Waals surface area (Å²) < 4.78 is 0. The molecule has 1 unspecified atom stereocenters. The minimum Gasteiger partial charge on any atom is -0.298 e. The summed E-state index contributed by atoms with van der Waals surface area (Å²) in [6, 6.07) is 3.96. The predicted octanol–water partition coefficient (Wildman–Crippen LogP) is 3.77. The molecular weight excluding hydrogens is 320 g/mol. The number of thioether (sulfide) groups is 1. The second-order valence-corrected chi connectivity index (χ2v) is 6.88. The Balaban J connectivity index is 1.47. The fourth-order valence-corrected chi connectivity index (χ4v) is 3.60. The van der Waals surface area contributed by atoms with Gasteiger partial charge in [-0.15, -0.1) is 11.8 Å². The molecular formula is C18H20N4OS. The number of aromatic nitrogens is 1. The zero-order valence-corrected chi connectivity index (χ0v) is 14.7. The summed E-state index contributed by atoms with van der Waals surface area (Å²) in [6.45, 7) is 4.17. The smallest absolute Gasteiger partial charge is 0.148 e. The zero-order valence-electron chi connectivity index (χ0n) is 13.9. The first-order chi connectivity index (χ1) is 11.7. The zero-order chi connectivity index (χ0) is 16.9. The van der Waals surface area contributed by atoms with Gasteiger partial charge >= 0.3 is 0 Å². The Hall–Kier alpha value is -2.08. The molecule has 124 valence electrons. The second kappa shape index (κ2) is 7.66. The summed E-state index contributed by atoms with van der Waals surface area (Å²) in [5, 5.41) is 9.18. The van der Waals surface area contributed by atoms with E-state index in [-0.39, 0.29) is 11.7 Å². The van der Waals surface area contributed by atoms with Crippen molar-refractivity contribution in [3.05, 3.63) is 36.3 Å². The summed E-state index contributed by atoms with van der Waals surface area (Å²) in [4.78, 5) is 20.8. The third-order valence-corrected chi connectivity index (χ3v) is 5.32. The number of carbonyl (C=O) groups is 1. The Kier molecular flexibility index (Phi) is 5.35. The molecule has 1 aromatic heterocycles. The number of rotatable bonds is 6. The van der Waals surface area contributed by atoms with Crippen molar-refractivity contribution >= 4 is 39.6 Å². The van der Waals surface area contributed by atoms with Crippen LogP contribution in [-0.4, -0.2) is 33.0 Å². The molecule has 3 heterocycles. The van der Waals surface area contributed by atoms with Gasteiger partial charge in [-0.1, -0.05) is 19.9 Å². The predicted molar refractivity (Wildman–Crippen MR) is 101 cm³/mol. The van der Waals surface area contributed by atoms with E-state index in [0.717, 1.165) is 40.4 Å². The van der Waals surface area contributed by atoms with Crippen molar-refractivity contribution in [3.63, 3.8) is 0 Å². The monoisotopic (exact) mass is 340 g/mol. The quantitative estimate of drug-likeness (QED) is 0.791. The maximum Gasteiger partial charge on any atom is 0.148 e. The van der Waals surface area contributed by atoms with Gasteiger partial charge in [0.1, 0.15) is 5.78 Å². The average molecular weight is 340 g/mol. The number of nitrogens with zero attached hydrogens (tertiary/aromatic N) is 4. The Morgan fingerprint density at radius 3 is 2.88 bits per heavy atom. The lowest BCUT2D eigenvalue weighted by Gasteiger charge is -2.11. The normalized spacial score (nSPS) is 19.7. The largest absolute Gasteiger partial charge is 0.298 e. The number of pyridine rings is 1. The van der Waals surface area contributed by atoms with Crippen molar-refractivity contribution in [2.24, 2.45) is 21.1 Å². The minimum absolute atomic E-state index is 0.177. The second-order valence-electron chi connectivity index (χ2n) is 5.88. The molecule has 2 aliphatic heterocycles. The summed E-state index contributed by atoms with van der Waals surface area (Å²) >= 11 is 1.52. The fourth-order valence-electron chi connectivity index (χ4n) is 2.68. The van der Waals surface area contributed by atoms with Gasteiger partial charge in [-0.05, 0) is 23.6 Å². The Morgan fingerprint density at radius 2 is 2.17 bits per heavy atom. The summed E-state index contributed by atoms with van der Waals surface area (Å²) in [7, 11) is 0. The molecule has 0 spiro atoms. The van der Waals surface area contributed by atoms with Crippen LogP contribution in [0.3, 0.4) is 0 Å². The Morgan fingerprint density at radius 1 is 1.33 bits per heavy atom. The van der Waals surface area contributed by atoms with Gasteiger partial charge in [0.2, 0.25) is 0 Å². The molecule has 1 atom stereocenters. The Labute approximate surface area is 146 Å². The van der Waals surface area contributed by atoms with Crippen LogP contribution in [0.25, 0.3) is 5.57 Å². The number of Topliss-reactive ketones (excluding diaryl/α,β-unsaturated/α-hetero) is 1. The first-order valence-corrected chi connectivity index (χ1v) is 9.09. The molecule has 0 amide bonds. The van der Waals surface area contributed by atoms with E-state index in [4.69, 9.17) is 0 Å². The van der Waals surface area contributed by atoms with Gasteiger partial charge in [0.15, 0.2) is 0 Å². The van der Waals surface area contributed by atoms with Crippen LogP contribution in [0.15, 0.2) is 45.9 Å². The number of hydrogen-bond acceptors (Lipinski definition) is 6. The molecule has 0 saturated carbocycles. The lowest BCUT2D eigenvalue weighted by Crippen LogP contribution is -2.13. The van der Waals surface area contributed by atoms with Crippen LogP contribution in [0.2, 0.25) is 0 Å². The molecule has 5 nitrogen and oxygen atoms in total. The van der Waals surface area contributed by atoms with Gasteiger partial charge in [-0.25, -0.2) is 0 Å². The van der Waals surface area contributed by atoms with Crippen LogP contribution in [0.5, 0.6) is 0 Å². The van der Waals surface area contributed by atoms with E-state index in [1.54, 1.807) is 6.20 Å². The standard InChI is InChI=1S/C18H20N4OS/c1-3-14-7-15(22-21-14)8-16(23)11-24-18-12(2)17(10-20-18)13-5-4-6-19-9-13/h4-6,9-10,12H,3,7-8,11H2,1-2H3. The lowest BCUT2D eigenvalue weighted by atomic mass is 9.99. The van der Waals surface area contributed by atoms with Gasteiger partial charge in [-0.2, -0.15) is 10.2 Å². The highest BCUT2D eigenvalue weighted by Crippen LogP contribution is 2.33. The molecule has 0 N–H and O–H groups in total. The molecule has 24 heavy (non-hydrogen) atoms. The number of allylic oxidation sites excluding steroid dienone is 1. The molecule has 0 fully saturated rings. The molecule has 1 aromatic rings. The van der Waals surface area contributed by atoms with E-state index in [2.05, 4.69) is 34.0 Å².